The molecule has 0 unspecified atom stereocenters. The van der Waals surface area contributed by atoms with Gasteiger partial charge in [0.15, 0.2) is 5.82 Å². The molecule has 9 aromatic rings. The zero-order valence-corrected chi connectivity index (χ0v) is 25.2. The minimum Gasteiger partial charge on any atom is -0.251 e. The Balaban J connectivity index is 1.16. The molecule has 0 aliphatic rings. The molecular weight excluding hydrogens is 573 g/mol. The molecule has 220 valence electrons. The molecule has 0 N–H and O–H groups in total. The lowest BCUT2D eigenvalue weighted by Crippen LogP contribution is -1.92. The molecule has 0 aliphatic carbocycles. The molecular formula is C43H28N4. The van der Waals surface area contributed by atoms with E-state index in [2.05, 4.69) is 112 Å². The third kappa shape index (κ3) is 4.62. The number of pyridine rings is 2. The summed E-state index contributed by atoms with van der Waals surface area (Å²) in [6.45, 7) is -2.29. The normalized spacial score (nSPS) is 12.7. The SMILES string of the molecule is [2H]C([2H])([2H])c1ccc2ccc3ccc(-c4ccc(-c5c6ccccc6c(-c6ccc(-c7ncccn7)cc6)c6ccccc56)cc4)nc3c2n1. The topological polar surface area (TPSA) is 51.6 Å². The molecule has 0 bridgehead atoms. The van der Waals surface area contributed by atoms with Gasteiger partial charge in [-0.25, -0.2) is 15.0 Å². The molecule has 47 heavy (non-hydrogen) atoms. The first kappa shape index (κ1) is 24.0. The van der Waals surface area contributed by atoms with Crippen molar-refractivity contribution in [1.29, 1.82) is 0 Å². The first-order valence-corrected chi connectivity index (χ1v) is 15.6. The fourth-order valence-corrected chi connectivity index (χ4v) is 6.72. The summed E-state index contributed by atoms with van der Waals surface area (Å²) in [5, 5.41) is 6.48. The maximum atomic E-state index is 7.86. The van der Waals surface area contributed by atoms with E-state index in [0.717, 1.165) is 38.7 Å². The second-order valence-electron chi connectivity index (χ2n) is 11.7. The Kier molecular flexibility index (Phi) is 5.61. The largest absolute Gasteiger partial charge is 0.251 e. The minimum absolute atomic E-state index is 0.0679. The zero-order valence-electron chi connectivity index (χ0n) is 28.2. The summed E-state index contributed by atoms with van der Waals surface area (Å²) < 4.78 is 23.6. The van der Waals surface area contributed by atoms with Gasteiger partial charge in [-0.2, -0.15) is 0 Å². The number of fused-ring (bicyclic) bond motifs is 5. The predicted molar refractivity (Wildman–Crippen MR) is 194 cm³/mol. The third-order valence-corrected chi connectivity index (χ3v) is 8.92. The van der Waals surface area contributed by atoms with Crippen LogP contribution in [0.3, 0.4) is 0 Å². The predicted octanol–water partition coefficient (Wildman–Crippen LogP) is 10.9. The van der Waals surface area contributed by atoms with E-state index in [1.807, 2.05) is 30.3 Å². The van der Waals surface area contributed by atoms with Gasteiger partial charge < -0.3 is 0 Å². The van der Waals surface area contributed by atoms with E-state index in [4.69, 9.17) is 9.10 Å². The molecule has 0 atom stereocenters. The number of aromatic nitrogens is 4. The second kappa shape index (κ2) is 11.0. The highest BCUT2D eigenvalue weighted by molar-refractivity contribution is 6.21. The Labute approximate surface area is 276 Å². The van der Waals surface area contributed by atoms with Crippen LogP contribution in [-0.2, 0) is 0 Å². The lowest BCUT2D eigenvalue weighted by atomic mass is 9.85. The van der Waals surface area contributed by atoms with Crippen LogP contribution < -0.4 is 0 Å². The fourth-order valence-electron chi connectivity index (χ4n) is 6.72. The molecule has 0 fully saturated rings. The maximum Gasteiger partial charge on any atom is 0.159 e. The van der Waals surface area contributed by atoms with E-state index in [9.17, 15) is 0 Å². The van der Waals surface area contributed by atoms with Crippen molar-refractivity contribution < 1.29 is 4.11 Å². The van der Waals surface area contributed by atoms with Gasteiger partial charge in [0.05, 0.1) is 16.7 Å². The Morgan fingerprint density at radius 3 is 1.45 bits per heavy atom. The van der Waals surface area contributed by atoms with Gasteiger partial charge in [-0.15, -0.1) is 0 Å². The Bertz CT molecular complexity index is 2670. The summed E-state index contributed by atoms with van der Waals surface area (Å²) >= 11 is 0. The van der Waals surface area contributed by atoms with Gasteiger partial charge in [-0.3, -0.25) is 4.98 Å². The van der Waals surface area contributed by atoms with Crippen LogP contribution in [0.2, 0.25) is 0 Å². The van der Waals surface area contributed by atoms with Crippen LogP contribution in [0.25, 0.3) is 88.2 Å². The molecule has 0 radical (unpaired) electrons. The molecule has 0 saturated carbocycles. The molecule has 6 aromatic carbocycles. The van der Waals surface area contributed by atoms with E-state index in [1.165, 1.54) is 32.7 Å². The van der Waals surface area contributed by atoms with E-state index in [0.29, 0.717) is 16.9 Å². The summed E-state index contributed by atoms with van der Waals surface area (Å²) in [4.78, 5) is 18.4. The Morgan fingerprint density at radius 2 is 0.894 bits per heavy atom. The molecule has 0 saturated heterocycles. The molecule has 0 amide bonds. The van der Waals surface area contributed by atoms with Crippen LogP contribution in [0.1, 0.15) is 9.81 Å². The molecule has 4 nitrogen and oxygen atoms in total. The average molecular weight is 604 g/mol. The standard InChI is InChI=1S/C43H28N4/c1-27-11-12-31-19-20-32-23-24-38(47-42(32)41(31)46-27)28-13-15-29(16-14-28)39-34-7-2-4-9-36(34)40(37-10-5-3-8-35(37)39)30-17-21-33(22-18-30)43-44-25-6-26-45-43/h2-26H,1H3/i1D3. The van der Waals surface area contributed by atoms with Gasteiger partial charge in [0.1, 0.15) is 0 Å². The summed E-state index contributed by atoms with van der Waals surface area (Å²) in [7, 11) is 0. The number of nitrogens with zero attached hydrogens (tertiary/aromatic N) is 4. The van der Waals surface area contributed by atoms with Crippen LogP contribution in [0.15, 0.2) is 152 Å². The van der Waals surface area contributed by atoms with Crippen LogP contribution in [-0.4, -0.2) is 19.9 Å². The quantitative estimate of drug-likeness (QED) is 0.148. The zero-order chi connectivity index (χ0) is 33.8. The number of hydrogen-bond acceptors (Lipinski definition) is 4. The second-order valence-corrected chi connectivity index (χ2v) is 11.7. The van der Waals surface area contributed by atoms with Gasteiger partial charge >= 0.3 is 0 Å². The summed E-state index contributed by atoms with van der Waals surface area (Å²) in [5.41, 5.74) is 8.71. The molecule has 0 spiro atoms. The van der Waals surface area contributed by atoms with Crippen molar-refractivity contribution in [3.8, 4) is 44.9 Å². The van der Waals surface area contributed by atoms with Crippen molar-refractivity contribution in [2.24, 2.45) is 0 Å². The Morgan fingerprint density at radius 1 is 0.426 bits per heavy atom. The van der Waals surface area contributed by atoms with E-state index in [-0.39, 0.29) is 5.69 Å². The van der Waals surface area contributed by atoms with Crippen molar-refractivity contribution in [2.45, 2.75) is 6.85 Å². The van der Waals surface area contributed by atoms with Gasteiger partial charge in [-0.1, -0.05) is 121 Å². The first-order chi connectivity index (χ1) is 24.4. The molecule has 9 rings (SSSR count). The molecule has 3 aromatic heterocycles. The highest BCUT2D eigenvalue weighted by atomic mass is 14.8. The van der Waals surface area contributed by atoms with E-state index < -0.39 is 6.85 Å². The first-order valence-electron chi connectivity index (χ1n) is 17.1. The minimum atomic E-state index is -2.29. The average Bonchev–Trinajstić information content (AvgIpc) is 3.16. The van der Waals surface area contributed by atoms with Crippen molar-refractivity contribution in [2.75, 3.05) is 0 Å². The summed E-state index contributed by atoms with van der Waals surface area (Å²) in [6, 6.07) is 47.5. The van der Waals surface area contributed by atoms with Crippen LogP contribution >= 0.6 is 0 Å². The molecule has 0 aliphatic heterocycles. The smallest absolute Gasteiger partial charge is 0.159 e. The molecule has 4 heteroatoms. The third-order valence-electron chi connectivity index (χ3n) is 8.92. The van der Waals surface area contributed by atoms with Gasteiger partial charge in [0.25, 0.3) is 0 Å². The van der Waals surface area contributed by atoms with Crippen LogP contribution in [0.5, 0.6) is 0 Å². The van der Waals surface area contributed by atoms with Crippen molar-refractivity contribution in [3.63, 3.8) is 0 Å². The van der Waals surface area contributed by atoms with Gasteiger partial charge in [0.2, 0.25) is 0 Å². The van der Waals surface area contributed by atoms with Crippen molar-refractivity contribution >= 4 is 43.4 Å². The maximum absolute atomic E-state index is 7.86. The fraction of sp³-hybridized carbons (Fsp3) is 0.0233. The number of benzene rings is 6. The monoisotopic (exact) mass is 603 g/mol. The number of hydrogen-bond donors (Lipinski definition) is 0. The summed E-state index contributed by atoms with van der Waals surface area (Å²) in [5.74, 6) is 0.708. The van der Waals surface area contributed by atoms with Crippen LogP contribution in [0.4, 0.5) is 0 Å². The van der Waals surface area contributed by atoms with Crippen molar-refractivity contribution in [1.82, 2.24) is 19.9 Å². The number of rotatable bonds is 4. The number of aryl methyl sites for hydroxylation is 1. The van der Waals surface area contributed by atoms with Gasteiger partial charge in [-0.05, 0) is 68.8 Å². The summed E-state index contributed by atoms with van der Waals surface area (Å²) in [6.07, 6.45) is 3.53. The highest BCUT2D eigenvalue weighted by Crippen LogP contribution is 2.44. The van der Waals surface area contributed by atoms with Gasteiger partial charge in [0, 0.05) is 44.1 Å². The lowest BCUT2D eigenvalue weighted by molar-refractivity contribution is 1.18. The highest BCUT2D eigenvalue weighted by Gasteiger charge is 2.17. The van der Waals surface area contributed by atoms with Crippen molar-refractivity contribution in [3.05, 3.63) is 158 Å². The molecule has 3 heterocycles. The van der Waals surface area contributed by atoms with Crippen LogP contribution in [0, 0.1) is 6.85 Å². The lowest BCUT2D eigenvalue weighted by Gasteiger charge is -2.18. The van der Waals surface area contributed by atoms with E-state index >= 15 is 0 Å². The van der Waals surface area contributed by atoms with E-state index in [1.54, 1.807) is 24.5 Å². The Hall–Kier alpha value is -6.26.